The number of rotatable bonds is 10. The highest BCUT2D eigenvalue weighted by molar-refractivity contribution is 7.90. The van der Waals surface area contributed by atoms with E-state index in [4.69, 9.17) is 4.74 Å². The van der Waals surface area contributed by atoms with E-state index in [0.717, 1.165) is 18.4 Å². The fourth-order valence-electron chi connectivity index (χ4n) is 3.65. The van der Waals surface area contributed by atoms with Gasteiger partial charge in [0, 0.05) is 13.1 Å². The van der Waals surface area contributed by atoms with Crippen LogP contribution < -0.4 is 10.1 Å². The van der Waals surface area contributed by atoms with Crippen LogP contribution in [0, 0.1) is 0 Å². The van der Waals surface area contributed by atoms with Crippen molar-refractivity contribution in [3.8, 4) is 5.75 Å². The molecule has 0 aliphatic carbocycles. The number of fused-ring (bicyclic) bond motifs is 1. The summed E-state index contributed by atoms with van der Waals surface area (Å²) in [6.45, 7) is 3.41. The van der Waals surface area contributed by atoms with Crippen LogP contribution in [-0.4, -0.2) is 61.6 Å². The molecule has 34 heavy (non-hydrogen) atoms. The number of methoxy groups -OCH3 is 1. The van der Waals surface area contributed by atoms with Gasteiger partial charge in [-0.3, -0.25) is 14.4 Å². The molecule has 0 aromatic heterocycles. The standard InChI is InChI=1S/C24H29N3O6S/c1-4-5-14-25-23(29)17(2)26(15-18-10-12-19(33-3)13-11-18)22(28)16-27-24(30)20-8-6-7-9-21(20)34(27,31)32/h6-13,17H,4-5,14-16H2,1-3H3,(H,25,29)/t17-/m1/s1. The van der Waals surface area contributed by atoms with E-state index in [-0.39, 0.29) is 22.9 Å². The van der Waals surface area contributed by atoms with Gasteiger partial charge in [0.15, 0.2) is 0 Å². The van der Waals surface area contributed by atoms with E-state index in [0.29, 0.717) is 16.6 Å². The molecule has 3 amide bonds. The molecule has 2 aromatic rings. The van der Waals surface area contributed by atoms with Crippen molar-refractivity contribution in [3.05, 3.63) is 59.7 Å². The molecular weight excluding hydrogens is 458 g/mol. The molecule has 10 heteroatoms. The second-order valence-corrected chi connectivity index (χ2v) is 9.83. The molecule has 0 spiro atoms. The van der Waals surface area contributed by atoms with Gasteiger partial charge in [0.05, 0.1) is 12.7 Å². The topological polar surface area (TPSA) is 113 Å². The zero-order valence-corrected chi connectivity index (χ0v) is 20.3. The molecule has 0 unspecified atom stereocenters. The summed E-state index contributed by atoms with van der Waals surface area (Å²) >= 11 is 0. The Balaban J connectivity index is 1.85. The summed E-state index contributed by atoms with van der Waals surface area (Å²) in [4.78, 5) is 40.0. The Morgan fingerprint density at radius 2 is 1.79 bits per heavy atom. The largest absolute Gasteiger partial charge is 0.497 e. The van der Waals surface area contributed by atoms with Crippen LogP contribution in [0.3, 0.4) is 0 Å². The number of ether oxygens (including phenoxy) is 1. The number of nitrogens with one attached hydrogen (secondary N) is 1. The Morgan fingerprint density at radius 3 is 2.41 bits per heavy atom. The Bertz CT molecular complexity index is 1160. The molecule has 1 atom stereocenters. The zero-order chi connectivity index (χ0) is 24.9. The summed E-state index contributed by atoms with van der Waals surface area (Å²) in [5.74, 6) is -1.13. The van der Waals surface area contributed by atoms with Gasteiger partial charge in [0.25, 0.3) is 15.9 Å². The minimum atomic E-state index is -4.15. The van der Waals surface area contributed by atoms with E-state index in [1.807, 2.05) is 6.92 Å². The molecular formula is C24H29N3O6S. The second-order valence-electron chi connectivity index (χ2n) is 8.00. The van der Waals surface area contributed by atoms with Crippen molar-refractivity contribution in [1.29, 1.82) is 0 Å². The Kier molecular flexibility index (Phi) is 7.93. The zero-order valence-electron chi connectivity index (χ0n) is 19.5. The molecule has 1 aliphatic heterocycles. The van der Waals surface area contributed by atoms with Gasteiger partial charge in [0.1, 0.15) is 23.2 Å². The maximum absolute atomic E-state index is 13.3. The van der Waals surface area contributed by atoms with Gasteiger partial charge in [-0.2, -0.15) is 0 Å². The third-order valence-corrected chi connectivity index (χ3v) is 7.49. The number of hydrogen-bond donors (Lipinski definition) is 1. The predicted octanol–water partition coefficient (Wildman–Crippen LogP) is 2.17. The molecule has 0 fully saturated rings. The fourth-order valence-corrected chi connectivity index (χ4v) is 5.17. The van der Waals surface area contributed by atoms with Crippen molar-refractivity contribution in [2.24, 2.45) is 0 Å². The van der Waals surface area contributed by atoms with Crippen LogP contribution in [0.5, 0.6) is 5.75 Å². The summed E-state index contributed by atoms with van der Waals surface area (Å²) in [5, 5.41) is 2.80. The monoisotopic (exact) mass is 487 g/mol. The molecule has 182 valence electrons. The fraction of sp³-hybridized carbons (Fsp3) is 0.375. The van der Waals surface area contributed by atoms with Crippen molar-refractivity contribution in [2.45, 2.75) is 44.2 Å². The van der Waals surface area contributed by atoms with Crippen molar-refractivity contribution in [2.75, 3.05) is 20.2 Å². The number of sulfonamides is 1. The molecule has 1 aliphatic rings. The molecule has 1 N–H and O–H groups in total. The smallest absolute Gasteiger partial charge is 0.269 e. The van der Waals surface area contributed by atoms with Gasteiger partial charge >= 0.3 is 0 Å². The van der Waals surface area contributed by atoms with Crippen molar-refractivity contribution < 1.29 is 27.5 Å². The number of unbranched alkanes of at least 4 members (excludes halogenated alkanes) is 1. The number of nitrogens with zero attached hydrogens (tertiary/aromatic N) is 2. The first-order valence-electron chi connectivity index (χ1n) is 11.1. The van der Waals surface area contributed by atoms with Gasteiger partial charge in [0.2, 0.25) is 11.8 Å². The van der Waals surface area contributed by atoms with Crippen LogP contribution in [0.1, 0.15) is 42.6 Å². The van der Waals surface area contributed by atoms with Gasteiger partial charge < -0.3 is 15.0 Å². The van der Waals surface area contributed by atoms with E-state index < -0.39 is 34.4 Å². The number of amides is 3. The Morgan fingerprint density at radius 1 is 1.12 bits per heavy atom. The minimum absolute atomic E-state index is 0.0300. The van der Waals surface area contributed by atoms with Crippen LogP contribution in [-0.2, 0) is 26.2 Å². The number of carbonyl (C=O) groups excluding carboxylic acids is 3. The highest BCUT2D eigenvalue weighted by atomic mass is 32.2. The van der Waals surface area contributed by atoms with Crippen LogP contribution >= 0.6 is 0 Å². The van der Waals surface area contributed by atoms with E-state index in [1.165, 1.54) is 23.1 Å². The maximum atomic E-state index is 13.3. The normalized spacial score (nSPS) is 14.9. The quantitative estimate of drug-likeness (QED) is 0.514. The van der Waals surface area contributed by atoms with Crippen molar-refractivity contribution >= 4 is 27.7 Å². The third-order valence-electron chi connectivity index (χ3n) is 5.70. The summed E-state index contributed by atoms with van der Waals surface area (Å²) < 4.78 is 31.5. The van der Waals surface area contributed by atoms with Gasteiger partial charge in [-0.05, 0) is 43.2 Å². The molecule has 2 aromatic carbocycles. The highest BCUT2D eigenvalue weighted by Gasteiger charge is 2.43. The first-order chi connectivity index (χ1) is 16.2. The van der Waals surface area contributed by atoms with Gasteiger partial charge in [-0.1, -0.05) is 37.6 Å². The molecule has 0 radical (unpaired) electrons. The molecule has 0 saturated heterocycles. The minimum Gasteiger partial charge on any atom is -0.497 e. The van der Waals surface area contributed by atoms with Crippen LogP contribution in [0.2, 0.25) is 0 Å². The average Bonchev–Trinajstić information content (AvgIpc) is 3.03. The van der Waals surface area contributed by atoms with Crippen LogP contribution in [0.15, 0.2) is 53.4 Å². The number of carbonyl (C=O) groups is 3. The summed E-state index contributed by atoms with van der Waals surface area (Å²) in [6, 6.07) is 11.9. The number of hydrogen-bond acceptors (Lipinski definition) is 6. The third kappa shape index (κ3) is 5.22. The lowest BCUT2D eigenvalue weighted by atomic mass is 10.1. The number of benzene rings is 2. The van der Waals surface area contributed by atoms with Crippen molar-refractivity contribution in [1.82, 2.24) is 14.5 Å². The molecule has 9 nitrogen and oxygen atoms in total. The van der Waals surface area contributed by atoms with Crippen LogP contribution in [0.4, 0.5) is 0 Å². The Hall–Kier alpha value is -3.40. The average molecular weight is 488 g/mol. The first kappa shape index (κ1) is 25.2. The molecule has 0 saturated carbocycles. The molecule has 0 bridgehead atoms. The molecule has 3 rings (SSSR count). The van der Waals surface area contributed by atoms with Gasteiger partial charge in [-0.25, -0.2) is 12.7 Å². The van der Waals surface area contributed by atoms with E-state index >= 15 is 0 Å². The highest BCUT2D eigenvalue weighted by Crippen LogP contribution is 2.30. The summed E-state index contributed by atoms with van der Waals surface area (Å²) in [7, 11) is -2.61. The first-order valence-corrected chi connectivity index (χ1v) is 12.5. The van der Waals surface area contributed by atoms with E-state index in [2.05, 4.69) is 5.32 Å². The SMILES string of the molecule is CCCCNC(=O)[C@@H](C)N(Cc1ccc(OC)cc1)C(=O)CN1C(=O)c2ccccc2S1(=O)=O. The lowest BCUT2D eigenvalue weighted by Crippen LogP contribution is -2.51. The van der Waals surface area contributed by atoms with Crippen molar-refractivity contribution in [3.63, 3.8) is 0 Å². The lowest BCUT2D eigenvalue weighted by Gasteiger charge is -2.30. The predicted molar refractivity (Wildman–Crippen MR) is 126 cm³/mol. The van der Waals surface area contributed by atoms with E-state index in [1.54, 1.807) is 44.4 Å². The Labute approximate surface area is 199 Å². The second kappa shape index (κ2) is 10.7. The summed E-state index contributed by atoms with van der Waals surface area (Å²) in [5.41, 5.74) is 0.753. The van der Waals surface area contributed by atoms with E-state index in [9.17, 15) is 22.8 Å². The van der Waals surface area contributed by atoms with Gasteiger partial charge in [-0.15, -0.1) is 0 Å². The summed E-state index contributed by atoms with van der Waals surface area (Å²) in [6.07, 6.45) is 1.70. The lowest BCUT2D eigenvalue weighted by molar-refractivity contribution is -0.140. The van der Waals surface area contributed by atoms with Crippen LogP contribution in [0.25, 0.3) is 0 Å². The maximum Gasteiger partial charge on any atom is 0.269 e. The molecule has 1 heterocycles.